The van der Waals surface area contributed by atoms with Crippen molar-refractivity contribution in [3.63, 3.8) is 0 Å². The van der Waals surface area contributed by atoms with Gasteiger partial charge in [0.05, 0.1) is 5.56 Å². The third kappa shape index (κ3) is 4.27. The first-order valence-corrected chi connectivity index (χ1v) is 8.08. The minimum absolute atomic E-state index is 0.195. The van der Waals surface area contributed by atoms with Crippen LogP contribution in [0.2, 0.25) is 0 Å². The fourth-order valence-electron chi connectivity index (χ4n) is 2.55. The molecule has 0 saturated heterocycles. The van der Waals surface area contributed by atoms with E-state index in [0.717, 1.165) is 31.5 Å². The first kappa shape index (κ1) is 18.1. The SMILES string of the molecule is O=C(NCC1CCC1)c1cnc(Nc2cccc(F)c2)nc1C(F)(F)F. The topological polar surface area (TPSA) is 66.9 Å². The summed E-state index contributed by atoms with van der Waals surface area (Å²) in [6, 6.07) is 5.14. The fraction of sp³-hybridized carbons (Fsp3) is 0.353. The Morgan fingerprint density at radius 3 is 2.65 bits per heavy atom. The molecule has 1 heterocycles. The predicted octanol–water partition coefficient (Wildman–Crippen LogP) is 3.91. The maximum absolute atomic E-state index is 13.3. The number of alkyl halides is 3. The number of hydrogen-bond donors (Lipinski definition) is 2. The van der Waals surface area contributed by atoms with Crippen LogP contribution in [0.15, 0.2) is 30.5 Å². The van der Waals surface area contributed by atoms with Crippen molar-refractivity contribution in [3.05, 3.63) is 47.5 Å². The van der Waals surface area contributed by atoms with Crippen LogP contribution in [0.3, 0.4) is 0 Å². The highest BCUT2D eigenvalue weighted by molar-refractivity contribution is 5.95. The molecule has 0 spiro atoms. The van der Waals surface area contributed by atoms with Gasteiger partial charge in [0.25, 0.3) is 5.91 Å². The minimum Gasteiger partial charge on any atom is -0.352 e. The highest BCUT2D eigenvalue weighted by Crippen LogP contribution is 2.31. The predicted molar refractivity (Wildman–Crippen MR) is 86.4 cm³/mol. The molecule has 1 aliphatic rings. The molecule has 0 bridgehead atoms. The second kappa shape index (κ2) is 7.27. The number of anilines is 2. The maximum Gasteiger partial charge on any atom is 0.434 e. The van der Waals surface area contributed by atoms with Gasteiger partial charge in [-0.2, -0.15) is 13.2 Å². The van der Waals surface area contributed by atoms with Gasteiger partial charge in [-0.3, -0.25) is 4.79 Å². The molecule has 1 saturated carbocycles. The number of carbonyl (C=O) groups excluding carboxylic acids is 1. The Morgan fingerprint density at radius 1 is 1.27 bits per heavy atom. The van der Waals surface area contributed by atoms with Crippen molar-refractivity contribution >= 4 is 17.5 Å². The summed E-state index contributed by atoms with van der Waals surface area (Å²) in [6.07, 6.45) is -1.02. The molecule has 2 aromatic rings. The van der Waals surface area contributed by atoms with Gasteiger partial charge in [-0.1, -0.05) is 12.5 Å². The molecule has 1 aromatic heterocycles. The van der Waals surface area contributed by atoms with Gasteiger partial charge in [0, 0.05) is 18.4 Å². The molecule has 26 heavy (non-hydrogen) atoms. The Labute approximate surface area is 146 Å². The Hall–Kier alpha value is -2.71. The van der Waals surface area contributed by atoms with Gasteiger partial charge in [0.15, 0.2) is 5.69 Å². The van der Waals surface area contributed by atoms with Crippen LogP contribution >= 0.6 is 0 Å². The number of amides is 1. The van der Waals surface area contributed by atoms with Crippen LogP contribution < -0.4 is 10.6 Å². The van der Waals surface area contributed by atoms with Crippen LogP contribution in [-0.2, 0) is 6.18 Å². The average molecular weight is 368 g/mol. The summed E-state index contributed by atoms with van der Waals surface area (Å²) in [4.78, 5) is 19.3. The third-order valence-electron chi connectivity index (χ3n) is 4.16. The van der Waals surface area contributed by atoms with Gasteiger partial charge in [0.1, 0.15) is 5.82 Å². The summed E-state index contributed by atoms with van der Waals surface area (Å²) in [6.45, 7) is 0.333. The van der Waals surface area contributed by atoms with E-state index >= 15 is 0 Å². The summed E-state index contributed by atoms with van der Waals surface area (Å²) in [7, 11) is 0. The van der Waals surface area contributed by atoms with E-state index < -0.39 is 29.2 Å². The Kier molecular flexibility index (Phi) is 5.06. The first-order chi connectivity index (χ1) is 12.3. The lowest BCUT2D eigenvalue weighted by molar-refractivity contribution is -0.141. The number of nitrogens with zero attached hydrogens (tertiary/aromatic N) is 2. The number of aromatic nitrogens is 2. The monoisotopic (exact) mass is 368 g/mol. The molecule has 0 aliphatic heterocycles. The minimum atomic E-state index is -4.83. The van der Waals surface area contributed by atoms with Crippen molar-refractivity contribution in [2.45, 2.75) is 25.4 Å². The smallest absolute Gasteiger partial charge is 0.352 e. The summed E-state index contributed by atoms with van der Waals surface area (Å²) in [5.74, 6) is -1.49. The van der Waals surface area contributed by atoms with Gasteiger partial charge >= 0.3 is 6.18 Å². The van der Waals surface area contributed by atoms with Crippen molar-refractivity contribution in [1.82, 2.24) is 15.3 Å². The van der Waals surface area contributed by atoms with Gasteiger partial charge in [0.2, 0.25) is 5.95 Å². The Morgan fingerprint density at radius 2 is 2.04 bits per heavy atom. The third-order valence-corrected chi connectivity index (χ3v) is 4.16. The zero-order valence-corrected chi connectivity index (χ0v) is 13.6. The lowest BCUT2D eigenvalue weighted by Crippen LogP contribution is -2.33. The Bertz CT molecular complexity index is 806. The molecule has 2 N–H and O–H groups in total. The molecule has 5 nitrogen and oxygen atoms in total. The van der Waals surface area contributed by atoms with Crippen molar-refractivity contribution in [2.75, 3.05) is 11.9 Å². The molecule has 9 heteroatoms. The zero-order chi connectivity index (χ0) is 18.7. The molecule has 1 aromatic carbocycles. The van der Waals surface area contributed by atoms with E-state index in [1.54, 1.807) is 0 Å². The van der Waals surface area contributed by atoms with E-state index in [-0.39, 0.29) is 11.6 Å². The summed E-state index contributed by atoms with van der Waals surface area (Å²) >= 11 is 0. The van der Waals surface area contributed by atoms with Gasteiger partial charge in [-0.25, -0.2) is 14.4 Å². The van der Waals surface area contributed by atoms with Gasteiger partial charge in [-0.15, -0.1) is 0 Å². The maximum atomic E-state index is 13.3. The van der Waals surface area contributed by atoms with E-state index in [1.807, 2.05) is 0 Å². The molecule has 138 valence electrons. The number of nitrogens with one attached hydrogen (secondary N) is 2. The second-order valence-corrected chi connectivity index (χ2v) is 6.10. The lowest BCUT2D eigenvalue weighted by atomic mass is 9.85. The van der Waals surface area contributed by atoms with E-state index in [2.05, 4.69) is 20.6 Å². The Balaban J connectivity index is 1.82. The zero-order valence-electron chi connectivity index (χ0n) is 13.6. The van der Waals surface area contributed by atoms with E-state index in [0.29, 0.717) is 12.5 Å². The van der Waals surface area contributed by atoms with Crippen LogP contribution in [0.1, 0.15) is 35.3 Å². The quantitative estimate of drug-likeness (QED) is 0.786. The molecule has 1 amide bonds. The largest absolute Gasteiger partial charge is 0.434 e. The highest BCUT2D eigenvalue weighted by atomic mass is 19.4. The number of halogens is 4. The van der Waals surface area contributed by atoms with Crippen molar-refractivity contribution < 1.29 is 22.4 Å². The summed E-state index contributed by atoms with van der Waals surface area (Å²) in [5.41, 5.74) is -1.78. The molecule has 0 atom stereocenters. The van der Waals surface area contributed by atoms with Crippen LogP contribution in [0, 0.1) is 11.7 Å². The average Bonchev–Trinajstić information content (AvgIpc) is 2.52. The van der Waals surface area contributed by atoms with Crippen molar-refractivity contribution in [3.8, 4) is 0 Å². The fourth-order valence-corrected chi connectivity index (χ4v) is 2.55. The van der Waals surface area contributed by atoms with Crippen LogP contribution in [0.4, 0.5) is 29.2 Å². The van der Waals surface area contributed by atoms with Crippen LogP contribution in [-0.4, -0.2) is 22.4 Å². The summed E-state index contributed by atoms with van der Waals surface area (Å²) in [5, 5.41) is 5.00. The number of hydrogen-bond acceptors (Lipinski definition) is 4. The molecule has 1 aliphatic carbocycles. The van der Waals surface area contributed by atoms with E-state index in [4.69, 9.17) is 0 Å². The van der Waals surface area contributed by atoms with Crippen molar-refractivity contribution in [2.24, 2.45) is 5.92 Å². The normalized spacial score (nSPS) is 14.6. The summed E-state index contributed by atoms with van der Waals surface area (Å²) < 4.78 is 53.1. The van der Waals surface area contributed by atoms with Gasteiger partial charge in [-0.05, 0) is 37.0 Å². The van der Waals surface area contributed by atoms with E-state index in [1.165, 1.54) is 18.2 Å². The second-order valence-electron chi connectivity index (χ2n) is 6.10. The molecule has 0 radical (unpaired) electrons. The number of carbonyl (C=O) groups is 1. The molecule has 0 unspecified atom stereocenters. The first-order valence-electron chi connectivity index (χ1n) is 8.08. The number of rotatable bonds is 5. The molecule has 1 fully saturated rings. The number of benzene rings is 1. The molecule has 3 rings (SSSR count). The standard InChI is InChI=1S/C17H16F4N4O/c18-11-5-2-6-12(7-11)24-16-23-9-13(14(25-16)17(19,20)21)15(26)22-8-10-3-1-4-10/h2,5-7,9-10H,1,3-4,8H2,(H,22,26)(H,23,24,25). The highest BCUT2D eigenvalue weighted by Gasteiger charge is 2.38. The molecular formula is C17H16F4N4O. The molecular weight excluding hydrogens is 352 g/mol. The van der Waals surface area contributed by atoms with Crippen LogP contribution in [0.5, 0.6) is 0 Å². The van der Waals surface area contributed by atoms with Gasteiger partial charge < -0.3 is 10.6 Å². The van der Waals surface area contributed by atoms with Crippen LogP contribution in [0.25, 0.3) is 0 Å². The van der Waals surface area contributed by atoms with E-state index in [9.17, 15) is 22.4 Å². The lowest BCUT2D eigenvalue weighted by Gasteiger charge is -2.25. The van der Waals surface area contributed by atoms with Crippen molar-refractivity contribution in [1.29, 1.82) is 0 Å².